The zero-order valence-corrected chi connectivity index (χ0v) is 32.0. The molecule has 4 atom stereocenters. The highest BCUT2D eigenvalue weighted by Gasteiger charge is 2.40. The first-order chi connectivity index (χ1) is 25.7. The molecule has 4 amide bonds. The van der Waals surface area contributed by atoms with Crippen molar-refractivity contribution in [2.24, 2.45) is 5.73 Å². The van der Waals surface area contributed by atoms with Crippen LogP contribution >= 0.6 is 0 Å². The van der Waals surface area contributed by atoms with Crippen LogP contribution in [0.1, 0.15) is 77.5 Å². The molecule has 1 aliphatic rings. The normalized spacial score (nSPS) is 17.9. The van der Waals surface area contributed by atoms with Gasteiger partial charge < -0.3 is 35.3 Å². The molecule has 1 saturated heterocycles. The van der Waals surface area contributed by atoms with Crippen LogP contribution in [0.2, 0.25) is 0 Å². The van der Waals surface area contributed by atoms with E-state index in [-0.39, 0.29) is 37.2 Å². The summed E-state index contributed by atoms with van der Waals surface area (Å²) in [6, 6.07) is 12.6. The number of anilines is 1. The molecule has 0 radical (unpaired) electrons. The van der Waals surface area contributed by atoms with Gasteiger partial charge in [0.05, 0.1) is 24.8 Å². The third-order valence-corrected chi connectivity index (χ3v) is 8.61. The summed E-state index contributed by atoms with van der Waals surface area (Å²) in [5, 5.41) is 5.40. The molecule has 4 rings (SSSR count). The number of nitrogens with zero attached hydrogens (tertiary/aromatic N) is 1. The smallest absolute Gasteiger partial charge is 0.410 e. The number of primary amides is 1. The summed E-state index contributed by atoms with van der Waals surface area (Å²) in [5.41, 5.74) is 4.46. The summed E-state index contributed by atoms with van der Waals surface area (Å²) in [6.45, 7) is 11.6. The van der Waals surface area contributed by atoms with Crippen molar-refractivity contribution in [3.63, 3.8) is 0 Å². The van der Waals surface area contributed by atoms with E-state index in [1.165, 1.54) is 71.6 Å². The molecule has 1 fully saturated rings. The minimum atomic E-state index is -1.42. The number of halogens is 3. The standard InChI is InChI=1S/C40H49F3N4O8/c1-23-32(22-52-36(44)49)47(38(51)55-40(5,6)7)21-28(53-23)19-20-29-30(43)9-8-10-31(29)45-35(48)34(46-37(50)54-39(2,3)4)33(24-11-15-26(41)16-12-24)25-13-17-27(42)18-14-25/h8-18,23,28,32-34H,19-22H2,1-7H3,(H2,44,49)(H,45,48)(H,46,50)/t23-,28+,32+,34-/m0/s1. The van der Waals surface area contributed by atoms with Crippen LogP contribution in [0.4, 0.5) is 33.2 Å². The molecule has 3 aromatic rings. The van der Waals surface area contributed by atoms with Crippen molar-refractivity contribution in [2.75, 3.05) is 18.5 Å². The van der Waals surface area contributed by atoms with Gasteiger partial charge in [0, 0.05) is 17.2 Å². The Kier molecular flexibility index (Phi) is 13.8. The predicted octanol–water partition coefficient (Wildman–Crippen LogP) is 7.19. The highest BCUT2D eigenvalue weighted by atomic mass is 19.1. The number of carbonyl (C=O) groups excluding carboxylic acids is 4. The molecule has 0 aliphatic carbocycles. The van der Waals surface area contributed by atoms with E-state index in [1.807, 2.05) is 0 Å². The Labute approximate surface area is 318 Å². The van der Waals surface area contributed by atoms with Crippen LogP contribution in [-0.4, -0.2) is 77.7 Å². The summed E-state index contributed by atoms with van der Waals surface area (Å²) >= 11 is 0. The summed E-state index contributed by atoms with van der Waals surface area (Å²) in [7, 11) is 0. The van der Waals surface area contributed by atoms with E-state index in [0.29, 0.717) is 11.1 Å². The van der Waals surface area contributed by atoms with Gasteiger partial charge in [0.1, 0.15) is 41.3 Å². The molecule has 298 valence electrons. The number of ether oxygens (including phenoxy) is 4. The molecule has 0 spiro atoms. The Morgan fingerprint density at radius 3 is 1.96 bits per heavy atom. The number of morpholine rings is 1. The Hall–Kier alpha value is -5.31. The predicted molar refractivity (Wildman–Crippen MR) is 198 cm³/mol. The molecule has 0 bridgehead atoms. The van der Waals surface area contributed by atoms with Crippen LogP contribution in [0.25, 0.3) is 0 Å². The van der Waals surface area contributed by atoms with Crippen molar-refractivity contribution < 1.29 is 51.3 Å². The highest BCUT2D eigenvalue weighted by molar-refractivity contribution is 5.98. The lowest BCUT2D eigenvalue weighted by atomic mass is 9.84. The average Bonchev–Trinajstić information content (AvgIpc) is 3.07. The van der Waals surface area contributed by atoms with Crippen LogP contribution in [0.5, 0.6) is 0 Å². The number of hydrogen-bond donors (Lipinski definition) is 3. The summed E-state index contributed by atoms with van der Waals surface area (Å²) < 4.78 is 66.0. The Bertz CT molecular complexity index is 1770. The summed E-state index contributed by atoms with van der Waals surface area (Å²) in [5.74, 6) is -3.46. The van der Waals surface area contributed by atoms with Gasteiger partial charge in [-0.05, 0) is 109 Å². The van der Waals surface area contributed by atoms with E-state index < -0.39 is 83.1 Å². The van der Waals surface area contributed by atoms with Crippen LogP contribution in [0.3, 0.4) is 0 Å². The number of nitrogens with two attached hydrogens (primary N) is 1. The second kappa shape index (κ2) is 17.9. The second-order valence-corrected chi connectivity index (χ2v) is 15.3. The number of benzene rings is 3. The number of hydrogen-bond acceptors (Lipinski definition) is 8. The van der Waals surface area contributed by atoms with Gasteiger partial charge in [0.15, 0.2) is 0 Å². The van der Waals surface area contributed by atoms with E-state index in [4.69, 9.17) is 24.7 Å². The number of rotatable bonds is 11. The van der Waals surface area contributed by atoms with Gasteiger partial charge in [-0.25, -0.2) is 27.6 Å². The van der Waals surface area contributed by atoms with E-state index in [1.54, 1.807) is 48.5 Å². The third-order valence-electron chi connectivity index (χ3n) is 8.61. The van der Waals surface area contributed by atoms with Crippen LogP contribution in [-0.2, 0) is 30.2 Å². The first-order valence-electron chi connectivity index (χ1n) is 17.9. The average molecular weight is 771 g/mol. The number of alkyl carbamates (subject to hydrolysis) is 1. The van der Waals surface area contributed by atoms with E-state index in [2.05, 4.69) is 10.6 Å². The third kappa shape index (κ3) is 12.4. The highest BCUT2D eigenvalue weighted by Crippen LogP contribution is 2.32. The Morgan fingerprint density at radius 1 is 0.873 bits per heavy atom. The van der Waals surface area contributed by atoms with E-state index in [9.17, 15) is 28.0 Å². The Balaban J connectivity index is 1.64. The van der Waals surface area contributed by atoms with Crippen molar-refractivity contribution in [2.45, 2.75) is 103 Å². The van der Waals surface area contributed by atoms with Gasteiger partial charge in [-0.3, -0.25) is 9.69 Å². The lowest BCUT2D eigenvalue weighted by molar-refractivity contribution is -0.122. The molecule has 0 aromatic heterocycles. The maximum absolute atomic E-state index is 15.6. The molecule has 0 saturated carbocycles. The second-order valence-electron chi connectivity index (χ2n) is 15.3. The van der Waals surface area contributed by atoms with E-state index in [0.717, 1.165) is 0 Å². The molecule has 1 heterocycles. The molecule has 0 unspecified atom stereocenters. The van der Waals surface area contributed by atoms with Crippen molar-refractivity contribution in [1.29, 1.82) is 0 Å². The van der Waals surface area contributed by atoms with Crippen molar-refractivity contribution in [3.8, 4) is 0 Å². The molecular weight excluding hydrogens is 721 g/mol. The van der Waals surface area contributed by atoms with Crippen LogP contribution < -0.4 is 16.4 Å². The van der Waals surface area contributed by atoms with Gasteiger partial charge in [-0.1, -0.05) is 30.3 Å². The van der Waals surface area contributed by atoms with Gasteiger partial charge in [0.2, 0.25) is 5.91 Å². The number of carbonyl (C=O) groups is 4. The maximum atomic E-state index is 15.6. The van der Waals surface area contributed by atoms with Crippen molar-refractivity contribution >= 4 is 29.9 Å². The fraction of sp³-hybridized carbons (Fsp3) is 0.450. The fourth-order valence-corrected chi connectivity index (χ4v) is 6.23. The SMILES string of the molecule is C[C@@H]1O[C@H](CCc2c(F)cccc2NC(=O)[C@@H](NC(=O)OC(C)(C)C)C(c2ccc(F)cc2)c2ccc(F)cc2)CN(C(=O)OC(C)(C)C)[C@@H]1COC(N)=O. The largest absolute Gasteiger partial charge is 0.447 e. The maximum Gasteiger partial charge on any atom is 0.410 e. The minimum absolute atomic E-state index is 0.0150. The quantitative estimate of drug-likeness (QED) is 0.173. The lowest BCUT2D eigenvalue weighted by Gasteiger charge is -2.43. The van der Waals surface area contributed by atoms with Crippen LogP contribution in [0, 0.1) is 17.5 Å². The van der Waals surface area contributed by atoms with Gasteiger partial charge in [0.25, 0.3) is 0 Å². The fourth-order valence-electron chi connectivity index (χ4n) is 6.23. The zero-order chi connectivity index (χ0) is 40.7. The van der Waals surface area contributed by atoms with Gasteiger partial charge in [-0.15, -0.1) is 0 Å². The molecule has 1 aliphatic heterocycles. The lowest BCUT2D eigenvalue weighted by Crippen LogP contribution is -2.59. The Morgan fingerprint density at radius 2 is 1.44 bits per heavy atom. The molecular formula is C40H49F3N4O8. The molecule has 55 heavy (non-hydrogen) atoms. The minimum Gasteiger partial charge on any atom is -0.447 e. The number of nitrogens with one attached hydrogen (secondary N) is 2. The summed E-state index contributed by atoms with van der Waals surface area (Å²) in [6.07, 6.45) is -3.65. The van der Waals surface area contributed by atoms with Gasteiger partial charge in [-0.2, -0.15) is 0 Å². The van der Waals surface area contributed by atoms with E-state index >= 15 is 4.39 Å². The zero-order valence-electron chi connectivity index (χ0n) is 32.0. The topological polar surface area (TPSA) is 159 Å². The number of amides is 4. The molecule has 4 N–H and O–H groups in total. The first-order valence-corrected chi connectivity index (χ1v) is 17.9. The summed E-state index contributed by atoms with van der Waals surface area (Å²) in [4.78, 5) is 53.6. The monoisotopic (exact) mass is 770 g/mol. The van der Waals surface area contributed by atoms with Crippen molar-refractivity contribution in [1.82, 2.24) is 10.2 Å². The molecule has 12 nitrogen and oxygen atoms in total. The van der Waals surface area contributed by atoms with Crippen molar-refractivity contribution in [3.05, 3.63) is 101 Å². The van der Waals surface area contributed by atoms with Gasteiger partial charge >= 0.3 is 18.3 Å². The first kappa shape index (κ1) is 42.4. The molecule has 15 heteroatoms. The van der Waals surface area contributed by atoms with Crippen LogP contribution in [0.15, 0.2) is 66.7 Å². The molecule has 3 aromatic carbocycles.